The largest absolute Gasteiger partial charge is 0.310 e. The zero-order valence-electron chi connectivity index (χ0n) is 10.0. The minimum atomic E-state index is -3.72. The van der Waals surface area contributed by atoms with E-state index < -0.39 is 24.7 Å². The Morgan fingerprint density at radius 1 is 1.45 bits per heavy atom. The molecule has 2 rings (SSSR count). The molecule has 112 valence electrons. The summed E-state index contributed by atoms with van der Waals surface area (Å²) < 4.78 is 46.3. The molecule has 0 saturated heterocycles. The summed E-state index contributed by atoms with van der Waals surface area (Å²) in [5.41, 5.74) is 4.86. The van der Waals surface area contributed by atoms with E-state index in [1.807, 2.05) is 0 Å². The molecule has 0 aromatic heterocycles. The van der Waals surface area contributed by atoms with E-state index in [0.29, 0.717) is 5.17 Å². The molecule has 1 aliphatic heterocycles. The van der Waals surface area contributed by atoms with Crippen molar-refractivity contribution in [1.82, 2.24) is 16.1 Å². The Morgan fingerprint density at radius 2 is 2.00 bits per heavy atom. The van der Waals surface area contributed by atoms with E-state index in [2.05, 4.69) is 22.6 Å². The molecule has 0 aromatic rings. The van der Waals surface area contributed by atoms with Crippen LogP contribution in [0.2, 0.25) is 0 Å². The minimum absolute atomic E-state index is 0.319. The number of hydrogen-bond acceptors (Lipinski definition) is 4. The molecule has 2 N–H and O–H groups in total. The minimum Gasteiger partial charge on any atom is -0.268 e. The summed E-state index contributed by atoms with van der Waals surface area (Å²) in [4.78, 5) is 10.7. The van der Waals surface area contributed by atoms with Gasteiger partial charge in [-0.2, -0.15) is 28.2 Å². The van der Waals surface area contributed by atoms with Gasteiger partial charge in [0.15, 0.2) is 5.17 Å². The normalized spacial score (nSPS) is 21.4. The van der Waals surface area contributed by atoms with Gasteiger partial charge in [-0.1, -0.05) is 18.2 Å². The van der Waals surface area contributed by atoms with Crippen molar-refractivity contribution < 1.29 is 22.4 Å². The number of nitrogens with zero attached hydrogens (tertiary/aromatic N) is 2. The Balaban J connectivity index is 0.000000217. The van der Waals surface area contributed by atoms with Crippen LogP contribution in [0, 0.1) is 0 Å². The van der Waals surface area contributed by atoms with Crippen LogP contribution in [0.3, 0.4) is 0 Å². The van der Waals surface area contributed by atoms with Gasteiger partial charge >= 0.3 is 11.8 Å². The van der Waals surface area contributed by atoms with Crippen LogP contribution in [0.15, 0.2) is 30.0 Å². The van der Waals surface area contributed by atoms with Gasteiger partial charge < -0.3 is 0 Å². The van der Waals surface area contributed by atoms with Crippen molar-refractivity contribution in [3.63, 3.8) is 0 Å². The zero-order valence-corrected chi connectivity index (χ0v) is 10.8. The number of hydrazone groups is 1. The van der Waals surface area contributed by atoms with Crippen LogP contribution in [0.1, 0.15) is 12.8 Å². The first kappa shape index (κ1) is 16.3. The number of halogens is 5. The lowest BCUT2D eigenvalue weighted by Crippen LogP contribution is -2.50. The maximum atomic E-state index is 11.6. The number of carbonyl (C=O) groups excluding carboxylic acids is 1. The Bertz CT molecular complexity index is 439. The standard InChI is InChI=1S/C6H7ClN4O.C4H4F4/c1-2-6(12)9-11-4-3-5(7)8-10-11;5-3(6)1-2-4(3,7)8/h2-4,10H,1H2,(H,9,12);1-2H2. The highest BCUT2D eigenvalue weighted by Gasteiger charge is 2.64. The maximum Gasteiger partial charge on any atom is 0.310 e. The molecule has 2 aliphatic rings. The summed E-state index contributed by atoms with van der Waals surface area (Å²) in [6, 6.07) is 0. The first-order valence-corrected chi connectivity index (χ1v) is 5.71. The van der Waals surface area contributed by atoms with E-state index in [-0.39, 0.29) is 5.91 Å². The van der Waals surface area contributed by atoms with Gasteiger partial charge in [-0.15, -0.1) is 5.10 Å². The molecule has 1 aliphatic carbocycles. The Morgan fingerprint density at radius 3 is 2.30 bits per heavy atom. The van der Waals surface area contributed by atoms with Gasteiger partial charge in [0, 0.05) is 19.0 Å². The second kappa shape index (κ2) is 6.12. The van der Waals surface area contributed by atoms with Crippen molar-refractivity contribution in [1.29, 1.82) is 0 Å². The second-order valence-electron chi connectivity index (χ2n) is 3.81. The Hall–Kier alpha value is -1.77. The molecule has 20 heavy (non-hydrogen) atoms. The fourth-order valence-electron chi connectivity index (χ4n) is 1.04. The number of alkyl halides is 4. The summed E-state index contributed by atoms with van der Waals surface area (Å²) in [5, 5.41) is 5.20. The molecule has 0 aromatic carbocycles. The van der Waals surface area contributed by atoms with Crippen molar-refractivity contribution >= 4 is 22.7 Å². The molecule has 1 fully saturated rings. The van der Waals surface area contributed by atoms with Crippen LogP contribution in [0.5, 0.6) is 0 Å². The number of allylic oxidation sites excluding steroid dienone is 1. The Labute approximate surface area is 116 Å². The molecular formula is C10H11ClF4N4O. The van der Waals surface area contributed by atoms with Crippen LogP contribution in [0.25, 0.3) is 0 Å². The predicted molar refractivity (Wildman–Crippen MR) is 64.9 cm³/mol. The van der Waals surface area contributed by atoms with Crippen LogP contribution >= 0.6 is 11.6 Å². The average molecular weight is 315 g/mol. The van der Waals surface area contributed by atoms with E-state index in [4.69, 9.17) is 11.6 Å². The fourth-order valence-corrected chi connectivity index (χ4v) is 1.13. The van der Waals surface area contributed by atoms with E-state index in [9.17, 15) is 22.4 Å². The van der Waals surface area contributed by atoms with Crippen LogP contribution < -0.4 is 11.0 Å². The van der Waals surface area contributed by atoms with E-state index in [1.165, 1.54) is 17.4 Å². The van der Waals surface area contributed by atoms with E-state index in [0.717, 1.165) is 6.08 Å². The SMILES string of the molecule is C=CC(=O)NN1C=CC(Cl)=NN1.FC1(F)CCC1(F)F. The highest BCUT2D eigenvalue weighted by Crippen LogP contribution is 2.50. The van der Waals surface area contributed by atoms with Gasteiger partial charge in [0.25, 0.3) is 5.91 Å². The quantitative estimate of drug-likeness (QED) is 0.606. The summed E-state index contributed by atoms with van der Waals surface area (Å²) in [6.07, 6.45) is 2.87. The smallest absolute Gasteiger partial charge is 0.268 e. The van der Waals surface area contributed by atoms with Gasteiger partial charge in [-0.25, -0.2) is 5.43 Å². The first-order chi connectivity index (χ1) is 9.18. The van der Waals surface area contributed by atoms with Crippen LogP contribution in [-0.4, -0.2) is 28.0 Å². The number of nitrogens with one attached hydrogen (secondary N) is 2. The molecule has 1 amide bonds. The molecule has 1 saturated carbocycles. The lowest BCUT2D eigenvalue weighted by molar-refractivity contribution is -0.275. The molecule has 0 spiro atoms. The molecular weight excluding hydrogens is 304 g/mol. The number of carbonyl (C=O) groups is 1. The molecule has 0 unspecified atom stereocenters. The number of rotatable bonds is 2. The zero-order chi connectivity index (χ0) is 15.4. The van der Waals surface area contributed by atoms with Gasteiger partial charge in [0.2, 0.25) is 0 Å². The fraction of sp³-hybridized carbons (Fsp3) is 0.400. The number of hydrazine groups is 2. The third kappa shape index (κ3) is 4.12. The molecule has 0 atom stereocenters. The number of hydrogen-bond donors (Lipinski definition) is 2. The molecule has 1 heterocycles. The predicted octanol–water partition coefficient (Wildman–Crippen LogP) is 2.14. The summed E-state index contributed by atoms with van der Waals surface area (Å²) in [6.45, 7) is 3.29. The van der Waals surface area contributed by atoms with Crippen molar-refractivity contribution in [3.8, 4) is 0 Å². The van der Waals surface area contributed by atoms with Crippen molar-refractivity contribution in [3.05, 3.63) is 24.9 Å². The molecule has 10 heteroatoms. The van der Waals surface area contributed by atoms with Gasteiger partial charge in [-0.3, -0.25) is 4.79 Å². The van der Waals surface area contributed by atoms with Crippen LogP contribution in [-0.2, 0) is 4.79 Å². The maximum absolute atomic E-state index is 11.6. The lowest BCUT2D eigenvalue weighted by Gasteiger charge is -2.35. The van der Waals surface area contributed by atoms with Gasteiger partial charge in [0.1, 0.15) is 0 Å². The lowest BCUT2D eigenvalue weighted by atomic mass is 9.90. The molecule has 5 nitrogen and oxygen atoms in total. The Kier molecular flexibility index (Phi) is 4.98. The van der Waals surface area contributed by atoms with Crippen molar-refractivity contribution in [2.24, 2.45) is 5.10 Å². The molecule has 0 radical (unpaired) electrons. The third-order valence-electron chi connectivity index (χ3n) is 2.33. The second-order valence-corrected chi connectivity index (χ2v) is 4.20. The topological polar surface area (TPSA) is 56.7 Å². The number of amides is 1. The van der Waals surface area contributed by atoms with Crippen LogP contribution in [0.4, 0.5) is 17.6 Å². The monoisotopic (exact) mass is 314 g/mol. The first-order valence-electron chi connectivity index (χ1n) is 5.33. The van der Waals surface area contributed by atoms with Crippen molar-refractivity contribution in [2.45, 2.75) is 24.7 Å². The highest BCUT2D eigenvalue weighted by atomic mass is 35.5. The molecule has 0 bridgehead atoms. The summed E-state index contributed by atoms with van der Waals surface area (Å²) in [7, 11) is 0. The van der Waals surface area contributed by atoms with E-state index >= 15 is 0 Å². The third-order valence-corrected chi connectivity index (χ3v) is 2.54. The highest BCUT2D eigenvalue weighted by molar-refractivity contribution is 6.68. The van der Waals surface area contributed by atoms with Crippen molar-refractivity contribution in [2.75, 3.05) is 0 Å². The summed E-state index contributed by atoms with van der Waals surface area (Å²) >= 11 is 5.49. The van der Waals surface area contributed by atoms with Gasteiger partial charge in [0.05, 0.1) is 0 Å². The van der Waals surface area contributed by atoms with E-state index in [1.54, 1.807) is 0 Å². The van der Waals surface area contributed by atoms with Gasteiger partial charge in [-0.05, 0) is 12.2 Å². The average Bonchev–Trinajstić information content (AvgIpc) is 2.40. The summed E-state index contributed by atoms with van der Waals surface area (Å²) in [5.74, 6) is -7.76.